The number of likely N-dealkylation sites (tertiary alicyclic amines) is 1. The minimum absolute atomic E-state index is 0.0459. The van der Waals surface area contributed by atoms with E-state index in [2.05, 4.69) is 0 Å². The van der Waals surface area contributed by atoms with Crippen molar-refractivity contribution in [2.24, 2.45) is 17.8 Å². The average molecular weight is 279 g/mol. The van der Waals surface area contributed by atoms with Gasteiger partial charge in [-0.25, -0.2) is 0 Å². The molecule has 3 fully saturated rings. The van der Waals surface area contributed by atoms with Gasteiger partial charge < -0.3 is 5.11 Å². The monoisotopic (exact) mass is 279 g/mol. The number of carbonyl (C=O) groups is 3. The molecule has 1 saturated heterocycles. The Kier molecular flexibility index (Phi) is 3.52. The van der Waals surface area contributed by atoms with Crippen LogP contribution in [-0.2, 0) is 14.4 Å². The topological polar surface area (TPSA) is 74.7 Å². The highest BCUT2D eigenvalue weighted by Gasteiger charge is 2.49. The molecular weight excluding hydrogens is 258 g/mol. The molecule has 3 aliphatic rings. The molecule has 110 valence electrons. The molecule has 0 radical (unpaired) electrons. The Labute approximate surface area is 118 Å². The fraction of sp³-hybridized carbons (Fsp3) is 0.800. The SMILES string of the molecule is O=C(O)C1CCCCCC1N1C(=O)C2CCC(C2)C1=O. The lowest BCUT2D eigenvalue weighted by molar-refractivity contribution is -0.160. The molecule has 0 aromatic carbocycles. The Bertz CT molecular complexity index is 425. The summed E-state index contributed by atoms with van der Waals surface area (Å²) in [6, 6.07) is -0.418. The summed E-state index contributed by atoms with van der Waals surface area (Å²) in [5, 5.41) is 9.43. The largest absolute Gasteiger partial charge is 0.481 e. The molecule has 2 bridgehead atoms. The minimum Gasteiger partial charge on any atom is -0.481 e. The molecule has 0 aromatic heterocycles. The first kappa shape index (κ1) is 13.6. The van der Waals surface area contributed by atoms with E-state index < -0.39 is 17.9 Å². The van der Waals surface area contributed by atoms with E-state index in [0.29, 0.717) is 19.3 Å². The fourth-order valence-corrected chi connectivity index (χ4v) is 4.14. The first-order valence-electron chi connectivity index (χ1n) is 7.69. The molecular formula is C15H21NO4. The van der Waals surface area contributed by atoms with Crippen LogP contribution in [0.4, 0.5) is 0 Å². The highest BCUT2D eigenvalue weighted by atomic mass is 16.4. The van der Waals surface area contributed by atoms with Crippen molar-refractivity contribution in [3.63, 3.8) is 0 Å². The molecule has 1 heterocycles. The Hall–Kier alpha value is -1.39. The van der Waals surface area contributed by atoms with E-state index in [1.807, 2.05) is 0 Å². The molecule has 20 heavy (non-hydrogen) atoms. The van der Waals surface area contributed by atoms with Crippen molar-refractivity contribution in [2.75, 3.05) is 0 Å². The fourth-order valence-electron chi connectivity index (χ4n) is 4.14. The van der Waals surface area contributed by atoms with Crippen molar-refractivity contribution < 1.29 is 19.5 Å². The van der Waals surface area contributed by atoms with Crippen LogP contribution in [0.2, 0.25) is 0 Å². The standard InChI is InChI=1S/C15H21NO4/c17-13-9-6-7-10(8-9)14(18)16(13)12-5-3-1-2-4-11(12)15(19)20/h9-12H,1-8H2,(H,19,20). The third-order valence-electron chi connectivity index (χ3n) is 5.23. The zero-order chi connectivity index (χ0) is 14.3. The molecule has 3 rings (SSSR count). The molecule has 0 aromatic rings. The van der Waals surface area contributed by atoms with Gasteiger partial charge in [-0.3, -0.25) is 19.3 Å². The lowest BCUT2D eigenvalue weighted by atomic mass is 9.88. The minimum atomic E-state index is -0.865. The zero-order valence-electron chi connectivity index (χ0n) is 11.6. The average Bonchev–Trinajstić information content (AvgIpc) is 2.73. The van der Waals surface area contributed by atoms with Crippen molar-refractivity contribution in [3.05, 3.63) is 0 Å². The predicted octanol–water partition coefficient (Wildman–Crippen LogP) is 1.81. The van der Waals surface area contributed by atoms with Gasteiger partial charge in [-0.1, -0.05) is 19.3 Å². The molecule has 2 saturated carbocycles. The number of carboxylic acid groups (broad SMARTS) is 1. The number of amides is 2. The third-order valence-corrected chi connectivity index (χ3v) is 5.23. The number of fused-ring (bicyclic) bond motifs is 2. The lowest BCUT2D eigenvalue weighted by Gasteiger charge is -2.38. The molecule has 1 aliphatic heterocycles. The van der Waals surface area contributed by atoms with Gasteiger partial charge in [-0.2, -0.15) is 0 Å². The van der Waals surface area contributed by atoms with E-state index >= 15 is 0 Å². The van der Waals surface area contributed by atoms with Crippen molar-refractivity contribution in [1.82, 2.24) is 4.90 Å². The summed E-state index contributed by atoms with van der Waals surface area (Å²) < 4.78 is 0. The zero-order valence-corrected chi connectivity index (χ0v) is 11.6. The predicted molar refractivity (Wildman–Crippen MR) is 70.7 cm³/mol. The van der Waals surface area contributed by atoms with Crippen LogP contribution in [0.5, 0.6) is 0 Å². The highest BCUT2D eigenvalue weighted by Crippen LogP contribution is 2.41. The van der Waals surface area contributed by atoms with E-state index in [0.717, 1.165) is 32.1 Å². The molecule has 2 amide bonds. The number of piperidine rings is 1. The summed E-state index contributed by atoms with van der Waals surface area (Å²) in [6.07, 6.45) is 6.24. The van der Waals surface area contributed by atoms with Crippen LogP contribution < -0.4 is 0 Å². The Morgan fingerprint density at radius 2 is 1.55 bits per heavy atom. The highest BCUT2D eigenvalue weighted by molar-refractivity contribution is 6.01. The van der Waals surface area contributed by atoms with E-state index in [1.165, 1.54) is 4.90 Å². The number of aliphatic carboxylic acids is 1. The van der Waals surface area contributed by atoms with Crippen LogP contribution in [0.1, 0.15) is 51.4 Å². The summed E-state index contributed by atoms with van der Waals surface area (Å²) in [7, 11) is 0. The van der Waals surface area contributed by atoms with Gasteiger partial charge in [0.15, 0.2) is 0 Å². The number of hydrogen-bond acceptors (Lipinski definition) is 3. The Morgan fingerprint density at radius 3 is 2.15 bits per heavy atom. The smallest absolute Gasteiger partial charge is 0.308 e. The Balaban J connectivity index is 1.89. The van der Waals surface area contributed by atoms with Gasteiger partial charge in [0, 0.05) is 11.8 Å². The normalized spacial score (nSPS) is 37.9. The molecule has 2 aliphatic carbocycles. The second kappa shape index (κ2) is 5.19. The summed E-state index contributed by atoms with van der Waals surface area (Å²) in [6.45, 7) is 0. The van der Waals surface area contributed by atoms with Gasteiger partial charge in [0.05, 0.1) is 12.0 Å². The second-order valence-corrected chi connectivity index (χ2v) is 6.40. The van der Waals surface area contributed by atoms with E-state index in [1.54, 1.807) is 0 Å². The van der Waals surface area contributed by atoms with Crippen LogP contribution in [0.3, 0.4) is 0 Å². The van der Waals surface area contributed by atoms with Gasteiger partial charge in [0.1, 0.15) is 0 Å². The van der Waals surface area contributed by atoms with Crippen LogP contribution in [0.25, 0.3) is 0 Å². The number of rotatable bonds is 2. The lowest BCUT2D eigenvalue weighted by Crippen LogP contribution is -2.55. The summed E-state index contributed by atoms with van der Waals surface area (Å²) in [5.41, 5.74) is 0. The first-order valence-corrected chi connectivity index (χ1v) is 7.69. The van der Waals surface area contributed by atoms with E-state index in [4.69, 9.17) is 0 Å². The maximum Gasteiger partial charge on any atom is 0.308 e. The van der Waals surface area contributed by atoms with Crippen LogP contribution in [-0.4, -0.2) is 33.8 Å². The van der Waals surface area contributed by atoms with Gasteiger partial charge in [-0.05, 0) is 32.1 Å². The van der Waals surface area contributed by atoms with Crippen molar-refractivity contribution >= 4 is 17.8 Å². The maximum absolute atomic E-state index is 12.5. The van der Waals surface area contributed by atoms with Gasteiger partial charge >= 0.3 is 5.97 Å². The molecule has 5 heteroatoms. The van der Waals surface area contributed by atoms with Crippen LogP contribution in [0.15, 0.2) is 0 Å². The molecule has 0 spiro atoms. The molecule has 5 nitrogen and oxygen atoms in total. The quantitative estimate of drug-likeness (QED) is 0.618. The summed E-state index contributed by atoms with van der Waals surface area (Å²) in [5.74, 6) is -1.76. The van der Waals surface area contributed by atoms with E-state index in [9.17, 15) is 19.5 Å². The molecule has 4 unspecified atom stereocenters. The van der Waals surface area contributed by atoms with Crippen molar-refractivity contribution in [2.45, 2.75) is 57.4 Å². The number of nitrogens with zero attached hydrogens (tertiary/aromatic N) is 1. The van der Waals surface area contributed by atoms with Gasteiger partial charge in [0.25, 0.3) is 0 Å². The number of hydrogen-bond donors (Lipinski definition) is 1. The van der Waals surface area contributed by atoms with Gasteiger partial charge in [0.2, 0.25) is 11.8 Å². The van der Waals surface area contributed by atoms with Crippen LogP contribution >= 0.6 is 0 Å². The number of imide groups is 1. The van der Waals surface area contributed by atoms with E-state index in [-0.39, 0.29) is 23.7 Å². The van der Waals surface area contributed by atoms with Crippen molar-refractivity contribution in [1.29, 1.82) is 0 Å². The second-order valence-electron chi connectivity index (χ2n) is 6.40. The maximum atomic E-state index is 12.5. The number of carbonyl (C=O) groups excluding carboxylic acids is 2. The molecule has 4 atom stereocenters. The summed E-state index contributed by atoms with van der Waals surface area (Å²) in [4.78, 5) is 37.8. The summed E-state index contributed by atoms with van der Waals surface area (Å²) >= 11 is 0. The van der Waals surface area contributed by atoms with Gasteiger partial charge in [-0.15, -0.1) is 0 Å². The third kappa shape index (κ3) is 2.13. The van der Waals surface area contributed by atoms with Crippen molar-refractivity contribution in [3.8, 4) is 0 Å². The van der Waals surface area contributed by atoms with Crippen LogP contribution in [0, 0.1) is 17.8 Å². The molecule has 1 N–H and O–H groups in total. The Morgan fingerprint density at radius 1 is 0.950 bits per heavy atom. The first-order chi connectivity index (χ1) is 9.59. The number of carboxylic acids is 1.